The summed E-state index contributed by atoms with van der Waals surface area (Å²) in [5.74, 6) is -0.777. The SMILES string of the molecule is CN1CCc2cc(-c3nc(C(=O)Nc4nc(CC(N)=O)cs4)cs3)ccc21. The molecule has 0 bridgehead atoms. The van der Waals surface area contributed by atoms with Gasteiger partial charge in [-0.05, 0) is 30.2 Å². The highest BCUT2D eigenvalue weighted by atomic mass is 32.1. The van der Waals surface area contributed by atoms with Crippen LogP contribution in [0.3, 0.4) is 0 Å². The third-order valence-electron chi connectivity index (χ3n) is 4.32. The molecule has 1 aliphatic rings. The Labute approximate surface area is 163 Å². The molecule has 1 aliphatic heterocycles. The van der Waals surface area contributed by atoms with Gasteiger partial charge in [0, 0.05) is 35.6 Å². The van der Waals surface area contributed by atoms with Crippen LogP contribution in [0.1, 0.15) is 21.7 Å². The highest BCUT2D eigenvalue weighted by Crippen LogP contribution is 2.32. The minimum Gasteiger partial charge on any atom is -0.374 e. The van der Waals surface area contributed by atoms with E-state index in [1.54, 1.807) is 10.8 Å². The number of carbonyl (C=O) groups excluding carboxylic acids is 2. The summed E-state index contributed by atoms with van der Waals surface area (Å²) in [6, 6.07) is 6.29. The molecule has 138 valence electrons. The molecule has 1 aromatic carbocycles. The smallest absolute Gasteiger partial charge is 0.276 e. The molecule has 0 atom stereocenters. The van der Waals surface area contributed by atoms with E-state index in [0.717, 1.165) is 23.5 Å². The van der Waals surface area contributed by atoms with Crippen LogP contribution in [-0.2, 0) is 17.6 Å². The fraction of sp³-hybridized carbons (Fsp3) is 0.222. The first-order valence-electron chi connectivity index (χ1n) is 8.33. The van der Waals surface area contributed by atoms with Gasteiger partial charge in [-0.25, -0.2) is 9.97 Å². The van der Waals surface area contributed by atoms with Crippen molar-refractivity contribution in [2.24, 2.45) is 5.73 Å². The van der Waals surface area contributed by atoms with E-state index in [-0.39, 0.29) is 12.3 Å². The lowest BCUT2D eigenvalue weighted by Crippen LogP contribution is -2.14. The van der Waals surface area contributed by atoms with Crippen molar-refractivity contribution in [2.75, 3.05) is 23.8 Å². The first kappa shape index (κ1) is 17.6. The first-order valence-corrected chi connectivity index (χ1v) is 10.1. The number of amides is 2. The summed E-state index contributed by atoms with van der Waals surface area (Å²) >= 11 is 2.69. The number of rotatable bonds is 5. The van der Waals surface area contributed by atoms with Crippen LogP contribution in [-0.4, -0.2) is 35.4 Å². The van der Waals surface area contributed by atoms with E-state index in [1.807, 2.05) is 6.07 Å². The maximum Gasteiger partial charge on any atom is 0.276 e. The largest absolute Gasteiger partial charge is 0.374 e. The number of anilines is 2. The van der Waals surface area contributed by atoms with Crippen LogP contribution in [0.2, 0.25) is 0 Å². The van der Waals surface area contributed by atoms with Gasteiger partial charge in [-0.15, -0.1) is 22.7 Å². The van der Waals surface area contributed by atoms with E-state index < -0.39 is 5.91 Å². The lowest BCUT2D eigenvalue weighted by Gasteiger charge is -2.11. The van der Waals surface area contributed by atoms with Crippen LogP contribution < -0.4 is 16.0 Å². The maximum atomic E-state index is 12.4. The van der Waals surface area contributed by atoms with E-state index in [0.29, 0.717) is 16.5 Å². The van der Waals surface area contributed by atoms with Crippen molar-refractivity contribution in [3.8, 4) is 10.6 Å². The van der Waals surface area contributed by atoms with Crippen LogP contribution in [0, 0.1) is 0 Å². The van der Waals surface area contributed by atoms with Crippen molar-refractivity contribution in [3.63, 3.8) is 0 Å². The molecule has 0 fully saturated rings. The predicted molar refractivity (Wildman–Crippen MR) is 107 cm³/mol. The number of nitrogens with one attached hydrogen (secondary N) is 1. The number of likely N-dealkylation sites (N-methyl/N-ethyl adjacent to an activating group) is 1. The van der Waals surface area contributed by atoms with Gasteiger partial charge in [0.1, 0.15) is 10.7 Å². The van der Waals surface area contributed by atoms with E-state index >= 15 is 0 Å². The van der Waals surface area contributed by atoms with E-state index in [2.05, 4.69) is 39.4 Å². The van der Waals surface area contributed by atoms with E-state index in [9.17, 15) is 9.59 Å². The van der Waals surface area contributed by atoms with Gasteiger partial charge in [-0.2, -0.15) is 0 Å². The Balaban J connectivity index is 1.48. The van der Waals surface area contributed by atoms with Crippen LogP contribution in [0.25, 0.3) is 10.6 Å². The predicted octanol–water partition coefficient (Wildman–Crippen LogP) is 2.54. The fourth-order valence-corrected chi connectivity index (χ4v) is 4.50. The molecule has 0 unspecified atom stereocenters. The molecule has 3 heterocycles. The van der Waals surface area contributed by atoms with Gasteiger partial charge in [0.25, 0.3) is 5.91 Å². The van der Waals surface area contributed by atoms with E-state index in [4.69, 9.17) is 5.73 Å². The minimum atomic E-state index is -0.456. The van der Waals surface area contributed by atoms with E-state index in [1.165, 1.54) is 33.9 Å². The number of hydrogen-bond acceptors (Lipinski definition) is 7. The Kier molecular flexibility index (Phi) is 4.63. The van der Waals surface area contributed by atoms with Gasteiger partial charge in [0.2, 0.25) is 5.91 Å². The van der Waals surface area contributed by atoms with Gasteiger partial charge >= 0.3 is 0 Å². The maximum absolute atomic E-state index is 12.4. The molecule has 7 nitrogen and oxygen atoms in total. The average Bonchev–Trinajstić information content (AvgIpc) is 3.35. The van der Waals surface area contributed by atoms with Gasteiger partial charge in [-0.3, -0.25) is 14.9 Å². The number of aromatic nitrogens is 2. The number of hydrogen-bond donors (Lipinski definition) is 2. The summed E-state index contributed by atoms with van der Waals surface area (Å²) in [4.78, 5) is 34.3. The number of nitrogens with zero attached hydrogens (tertiary/aromatic N) is 3. The normalized spacial score (nSPS) is 12.9. The molecule has 2 amide bonds. The topological polar surface area (TPSA) is 101 Å². The third kappa shape index (κ3) is 3.69. The van der Waals surface area contributed by atoms with Crippen molar-refractivity contribution < 1.29 is 9.59 Å². The highest BCUT2D eigenvalue weighted by molar-refractivity contribution is 7.14. The first-order chi connectivity index (χ1) is 13.0. The Morgan fingerprint density at radius 3 is 2.93 bits per heavy atom. The molecule has 3 N–H and O–H groups in total. The number of thiazole rings is 2. The Bertz CT molecular complexity index is 1030. The average molecular weight is 400 g/mol. The van der Waals surface area contributed by atoms with Gasteiger partial charge in [0.15, 0.2) is 5.13 Å². The second kappa shape index (κ2) is 7.09. The third-order valence-corrected chi connectivity index (χ3v) is 6.02. The molecule has 0 spiro atoms. The van der Waals surface area contributed by atoms with Crippen molar-refractivity contribution in [3.05, 3.63) is 45.9 Å². The molecule has 4 rings (SSSR count). The lowest BCUT2D eigenvalue weighted by molar-refractivity contribution is -0.117. The molecular formula is C18H17N5O2S2. The molecular weight excluding hydrogens is 382 g/mol. The quantitative estimate of drug-likeness (QED) is 0.687. The summed E-state index contributed by atoms with van der Waals surface area (Å²) < 4.78 is 0. The summed E-state index contributed by atoms with van der Waals surface area (Å²) in [6.45, 7) is 1.02. The second-order valence-electron chi connectivity index (χ2n) is 6.29. The van der Waals surface area contributed by atoms with Gasteiger partial charge in [-0.1, -0.05) is 0 Å². The van der Waals surface area contributed by atoms with Crippen LogP contribution in [0.4, 0.5) is 10.8 Å². The Morgan fingerprint density at radius 1 is 1.26 bits per heavy atom. The van der Waals surface area contributed by atoms with Crippen LogP contribution in [0.5, 0.6) is 0 Å². The summed E-state index contributed by atoms with van der Waals surface area (Å²) in [7, 11) is 2.09. The number of benzene rings is 1. The molecule has 3 aromatic rings. The molecule has 27 heavy (non-hydrogen) atoms. The van der Waals surface area contributed by atoms with Gasteiger partial charge < -0.3 is 10.6 Å². The Hall–Kier alpha value is -2.78. The zero-order valence-corrected chi connectivity index (χ0v) is 16.2. The minimum absolute atomic E-state index is 0.0563. The van der Waals surface area contributed by atoms with Crippen LogP contribution in [0.15, 0.2) is 29.0 Å². The summed E-state index contributed by atoms with van der Waals surface area (Å²) in [5.41, 5.74) is 9.62. The standard InChI is InChI=1S/C18H17N5O2S2/c1-23-5-4-10-6-11(2-3-14(10)23)17-21-13(9-26-17)16(25)22-18-20-12(8-27-18)7-15(19)24/h2-3,6,8-9H,4-5,7H2,1H3,(H2,19,24)(H,20,22,25). The second-order valence-corrected chi connectivity index (χ2v) is 8.01. The lowest BCUT2D eigenvalue weighted by atomic mass is 10.1. The molecule has 9 heteroatoms. The zero-order chi connectivity index (χ0) is 19.0. The van der Waals surface area contributed by atoms with Crippen molar-refractivity contribution in [2.45, 2.75) is 12.8 Å². The Morgan fingerprint density at radius 2 is 2.11 bits per heavy atom. The fourth-order valence-electron chi connectivity index (χ4n) is 3.00. The van der Waals surface area contributed by atoms with Crippen molar-refractivity contribution >= 4 is 45.3 Å². The zero-order valence-electron chi connectivity index (χ0n) is 14.6. The molecule has 2 aromatic heterocycles. The molecule has 0 aliphatic carbocycles. The summed E-state index contributed by atoms with van der Waals surface area (Å²) in [5, 5.41) is 7.39. The number of carbonyl (C=O) groups is 2. The van der Waals surface area contributed by atoms with Gasteiger partial charge in [0.05, 0.1) is 12.1 Å². The van der Waals surface area contributed by atoms with Crippen LogP contribution >= 0.6 is 22.7 Å². The highest BCUT2D eigenvalue weighted by Gasteiger charge is 2.18. The molecule has 0 saturated heterocycles. The molecule has 0 saturated carbocycles. The van der Waals surface area contributed by atoms with Crippen molar-refractivity contribution in [1.82, 2.24) is 9.97 Å². The monoisotopic (exact) mass is 399 g/mol. The van der Waals surface area contributed by atoms with Crippen molar-refractivity contribution in [1.29, 1.82) is 0 Å². The molecule has 0 radical (unpaired) electrons. The number of primary amides is 1. The number of fused-ring (bicyclic) bond motifs is 1. The summed E-state index contributed by atoms with van der Waals surface area (Å²) in [6.07, 6.45) is 1.08. The number of nitrogens with two attached hydrogens (primary N) is 1.